The Kier molecular flexibility index (Phi) is 4.33. The summed E-state index contributed by atoms with van der Waals surface area (Å²) in [7, 11) is 0. The van der Waals surface area contributed by atoms with Crippen LogP contribution in [0.25, 0.3) is 0 Å². The van der Waals surface area contributed by atoms with E-state index in [2.05, 4.69) is 20.3 Å². The molecule has 20 heavy (non-hydrogen) atoms. The summed E-state index contributed by atoms with van der Waals surface area (Å²) in [6.07, 6.45) is 0. The van der Waals surface area contributed by atoms with Gasteiger partial charge in [-0.1, -0.05) is 0 Å². The van der Waals surface area contributed by atoms with E-state index < -0.39 is 11.6 Å². The van der Waals surface area contributed by atoms with Gasteiger partial charge in [-0.2, -0.15) is 0 Å². The van der Waals surface area contributed by atoms with Gasteiger partial charge in [0, 0.05) is 24.4 Å². The van der Waals surface area contributed by atoms with Gasteiger partial charge in [-0.15, -0.1) is 0 Å². The van der Waals surface area contributed by atoms with Crippen LogP contribution in [-0.2, 0) is 0 Å². The van der Waals surface area contributed by atoms with Crippen molar-refractivity contribution in [2.75, 3.05) is 11.9 Å². The zero-order chi connectivity index (χ0) is 14.7. The van der Waals surface area contributed by atoms with E-state index in [1.165, 1.54) is 6.07 Å². The van der Waals surface area contributed by atoms with Crippen LogP contribution in [-0.4, -0.2) is 21.5 Å². The summed E-state index contributed by atoms with van der Waals surface area (Å²) >= 11 is 0.832. The van der Waals surface area contributed by atoms with Crippen LogP contribution < -0.4 is 10.9 Å². The average molecular weight is 298 g/mol. The predicted molar refractivity (Wildman–Crippen MR) is 72.0 cm³/mol. The zero-order valence-electron chi connectivity index (χ0n) is 10.8. The highest BCUT2D eigenvalue weighted by molar-refractivity contribution is 7.99. The zero-order valence-corrected chi connectivity index (χ0v) is 11.6. The number of aromatic amines is 1. The van der Waals surface area contributed by atoms with Gasteiger partial charge in [-0.3, -0.25) is 4.79 Å². The molecule has 0 aliphatic heterocycles. The number of nitrogens with zero attached hydrogens (tertiary/aromatic N) is 2. The largest absolute Gasteiger partial charge is 0.368 e. The first-order chi connectivity index (χ1) is 9.49. The molecule has 0 spiro atoms. The third-order valence-corrected chi connectivity index (χ3v) is 3.15. The third-order valence-electron chi connectivity index (χ3n) is 2.28. The molecule has 2 N–H and O–H groups in total. The van der Waals surface area contributed by atoms with Crippen molar-refractivity contribution in [3.05, 3.63) is 39.8 Å². The molecule has 2 aromatic heterocycles. The summed E-state index contributed by atoms with van der Waals surface area (Å²) in [6, 6.07) is 2.07. The van der Waals surface area contributed by atoms with Gasteiger partial charge < -0.3 is 10.3 Å². The Labute approximate surface area is 117 Å². The van der Waals surface area contributed by atoms with Gasteiger partial charge >= 0.3 is 0 Å². The number of rotatable bonds is 4. The number of nitrogens with one attached hydrogen (secondary N) is 2. The van der Waals surface area contributed by atoms with Crippen molar-refractivity contribution in [2.45, 2.75) is 24.0 Å². The maximum atomic E-state index is 13.7. The predicted octanol–water partition coefficient (Wildman–Crippen LogP) is 2.33. The van der Waals surface area contributed by atoms with Crippen LogP contribution in [0.1, 0.15) is 12.6 Å². The minimum Gasteiger partial charge on any atom is -0.368 e. The lowest BCUT2D eigenvalue weighted by Crippen LogP contribution is -2.09. The Morgan fingerprint density at radius 3 is 2.70 bits per heavy atom. The molecular weight excluding hydrogens is 286 g/mol. The Morgan fingerprint density at radius 2 is 2.05 bits per heavy atom. The molecule has 0 fully saturated rings. The molecule has 2 rings (SSSR count). The Bertz CT molecular complexity index is 690. The number of H-pyrrole nitrogens is 1. The van der Waals surface area contributed by atoms with Crippen LogP contribution in [0, 0.1) is 18.6 Å². The SMILES string of the molecule is CCNc1nc(Sc2nc(C)cc(=O)[nH]2)c(F)cc1F. The Balaban J connectivity index is 2.37. The molecule has 0 amide bonds. The molecule has 0 unspecified atom stereocenters. The lowest BCUT2D eigenvalue weighted by molar-refractivity contribution is 0.551. The molecule has 0 bridgehead atoms. The van der Waals surface area contributed by atoms with Gasteiger partial charge in [0.2, 0.25) is 0 Å². The third kappa shape index (κ3) is 3.32. The first kappa shape index (κ1) is 14.4. The molecular formula is C12H12F2N4OS. The Hall–Kier alpha value is -1.96. The monoisotopic (exact) mass is 298 g/mol. The van der Waals surface area contributed by atoms with Crippen molar-refractivity contribution >= 4 is 17.6 Å². The lowest BCUT2D eigenvalue weighted by atomic mass is 10.4. The highest BCUT2D eigenvalue weighted by Crippen LogP contribution is 2.27. The van der Waals surface area contributed by atoms with E-state index in [0.29, 0.717) is 12.2 Å². The number of aromatic nitrogens is 3. The highest BCUT2D eigenvalue weighted by atomic mass is 32.2. The second kappa shape index (κ2) is 6.00. The summed E-state index contributed by atoms with van der Waals surface area (Å²) in [5, 5.41) is 2.84. The standard InChI is InChI=1S/C12H12F2N4OS/c1-3-15-10-7(13)5-8(14)11(18-10)20-12-16-6(2)4-9(19)17-12/h4-5H,3H2,1-2H3,(H,15,18)(H,16,17,19). The first-order valence-corrected chi connectivity index (χ1v) is 6.67. The molecule has 106 valence electrons. The molecule has 0 saturated heterocycles. The Morgan fingerprint density at radius 1 is 1.30 bits per heavy atom. The van der Waals surface area contributed by atoms with E-state index >= 15 is 0 Å². The summed E-state index contributed by atoms with van der Waals surface area (Å²) in [5.41, 5.74) is 0.167. The van der Waals surface area contributed by atoms with Gasteiger partial charge in [-0.05, 0) is 25.6 Å². The summed E-state index contributed by atoms with van der Waals surface area (Å²) in [6.45, 7) is 3.88. The van der Waals surface area contributed by atoms with Gasteiger partial charge in [0.25, 0.3) is 5.56 Å². The van der Waals surface area contributed by atoms with Gasteiger partial charge in [0.15, 0.2) is 22.6 Å². The second-order valence-corrected chi connectivity index (χ2v) is 4.91. The van der Waals surface area contributed by atoms with Crippen molar-refractivity contribution in [1.82, 2.24) is 15.0 Å². The van der Waals surface area contributed by atoms with E-state index in [4.69, 9.17) is 0 Å². The fourth-order valence-electron chi connectivity index (χ4n) is 1.50. The number of pyridine rings is 1. The smallest absolute Gasteiger partial charge is 0.251 e. The van der Waals surface area contributed by atoms with Gasteiger partial charge in [-0.25, -0.2) is 18.7 Å². The maximum Gasteiger partial charge on any atom is 0.251 e. The topological polar surface area (TPSA) is 70.7 Å². The summed E-state index contributed by atoms with van der Waals surface area (Å²) in [4.78, 5) is 21.7. The molecule has 2 aromatic rings. The fourth-order valence-corrected chi connectivity index (χ4v) is 2.32. The number of hydrogen-bond acceptors (Lipinski definition) is 5. The molecule has 0 saturated carbocycles. The minimum atomic E-state index is -0.807. The van der Waals surface area contributed by atoms with E-state index in [9.17, 15) is 13.6 Å². The van der Waals surface area contributed by atoms with Gasteiger partial charge in [0.1, 0.15) is 5.03 Å². The van der Waals surface area contributed by atoms with E-state index in [1.807, 2.05) is 0 Å². The number of anilines is 1. The number of aryl methyl sites for hydroxylation is 1. The van der Waals surface area contributed by atoms with Crippen LogP contribution >= 0.6 is 11.8 Å². The van der Waals surface area contributed by atoms with Crippen molar-refractivity contribution in [1.29, 1.82) is 0 Å². The summed E-state index contributed by atoms with van der Waals surface area (Å²) in [5.74, 6) is -1.61. The molecule has 8 heteroatoms. The maximum absolute atomic E-state index is 13.7. The quantitative estimate of drug-likeness (QED) is 0.848. The van der Waals surface area contributed by atoms with E-state index in [0.717, 1.165) is 17.8 Å². The van der Waals surface area contributed by atoms with Crippen LogP contribution in [0.5, 0.6) is 0 Å². The minimum absolute atomic E-state index is 0.0357. The van der Waals surface area contributed by atoms with Crippen molar-refractivity contribution < 1.29 is 8.78 Å². The molecule has 0 aromatic carbocycles. The molecule has 0 aliphatic carbocycles. The molecule has 0 aliphatic rings. The van der Waals surface area contributed by atoms with Gasteiger partial charge in [0.05, 0.1) is 0 Å². The fraction of sp³-hybridized carbons (Fsp3) is 0.250. The molecule has 0 atom stereocenters. The van der Waals surface area contributed by atoms with E-state index in [1.54, 1.807) is 13.8 Å². The van der Waals surface area contributed by atoms with Crippen LogP contribution in [0.3, 0.4) is 0 Å². The highest BCUT2D eigenvalue weighted by Gasteiger charge is 2.14. The molecule has 2 heterocycles. The first-order valence-electron chi connectivity index (χ1n) is 5.85. The van der Waals surface area contributed by atoms with Crippen LogP contribution in [0.4, 0.5) is 14.6 Å². The van der Waals surface area contributed by atoms with Crippen molar-refractivity contribution in [3.63, 3.8) is 0 Å². The normalized spacial score (nSPS) is 10.6. The number of hydrogen-bond donors (Lipinski definition) is 2. The average Bonchev–Trinajstić information content (AvgIpc) is 2.34. The lowest BCUT2D eigenvalue weighted by Gasteiger charge is -2.07. The van der Waals surface area contributed by atoms with Crippen LogP contribution in [0.2, 0.25) is 0 Å². The van der Waals surface area contributed by atoms with Crippen molar-refractivity contribution in [3.8, 4) is 0 Å². The van der Waals surface area contributed by atoms with Crippen molar-refractivity contribution in [2.24, 2.45) is 0 Å². The number of halogens is 2. The molecule has 0 radical (unpaired) electrons. The summed E-state index contributed by atoms with van der Waals surface area (Å²) < 4.78 is 27.1. The second-order valence-electron chi connectivity index (χ2n) is 3.93. The van der Waals surface area contributed by atoms with Crippen LogP contribution in [0.15, 0.2) is 27.1 Å². The van der Waals surface area contributed by atoms with E-state index in [-0.39, 0.29) is 21.6 Å². The molecule has 5 nitrogen and oxygen atoms in total.